The Morgan fingerprint density at radius 3 is 2.53 bits per heavy atom. The largest absolute Gasteiger partial charge is 0.355 e. The van der Waals surface area contributed by atoms with Crippen LogP contribution in [0.3, 0.4) is 0 Å². The van der Waals surface area contributed by atoms with Crippen molar-refractivity contribution in [2.24, 2.45) is 5.92 Å². The molecule has 0 radical (unpaired) electrons. The van der Waals surface area contributed by atoms with Crippen molar-refractivity contribution in [3.8, 4) is 0 Å². The number of hydrogen-bond acceptors (Lipinski definition) is 3. The molecule has 0 saturated carbocycles. The fourth-order valence-corrected chi connectivity index (χ4v) is 2.63. The first-order chi connectivity index (χ1) is 8.19. The molecular weight excluding hydrogens is 216 g/mol. The standard InChI is InChI=1S/C14H18O3/c1-9-8-12(14(16-2)17-3)13(15)11-7-5-4-6-10(9)11/h4-7,9,12,14H,8H2,1-3H3. The van der Waals surface area contributed by atoms with Crippen LogP contribution in [-0.4, -0.2) is 26.3 Å². The molecule has 2 unspecified atom stereocenters. The molecule has 2 rings (SSSR count). The zero-order valence-electron chi connectivity index (χ0n) is 10.5. The van der Waals surface area contributed by atoms with Gasteiger partial charge in [-0.05, 0) is 17.9 Å². The van der Waals surface area contributed by atoms with Gasteiger partial charge in [-0.25, -0.2) is 0 Å². The van der Waals surface area contributed by atoms with Gasteiger partial charge in [0, 0.05) is 19.8 Å². The van der Waals surface area contributed by atoms with Gasteiger partial charge in [-0.15, -0.1) is 0 Å². The Bertz CT molecular complexity index is 410. The molecule has 0 amide bonds. The lowest BCUT2D eigenvalue weighted by Crippen LogP contribution is -2.36. The third-order valence-electron chi connectivity index (χ3n) is 3.49. The van der Waals surface area contributed by atoms with E-state index in [4.69, 9.17) is 9.47 Å². The molecule has 0 fully saturated rings. The van der Waals surface area contributed by atoms with Gasteiger partial charge < -0.3 is 9.47 Å². The van der Waals surface area contributed by atoms with Gasteiger partial charge in [-0.1, -0.05) is 31.2 Å². The zero-order valence-corrected chi connectivity index (χ0v) is 10.5. The maximum Gasteiger partial charge on any atom is 0.171 e. The molecule has 3 nitrogen and oxygen atoms in total. The van der Waals surface area contributed by atoms with Crippen LogP contribution in [0, 0.1) is 5.92 Å². The molecule has 0 saturated heterocycles. The lowest BCUT2D eigenvalue weighted by atomic mass is 9.76. The Hall–Kier alpha value is -1.19. The number of benzene rings is 1. The number of hydrogen-bond donors (Lipinski definition) is 0. The number of ketones is 1. The van der Waals surface area contributed by atoms with Crippen LogP contribution in [0.5, 0.6) is 0 Å². The van der Waals surface area contributed by atoms with Gasteiger partial charge in [-0.3, -0.25) is 4.79 Å². The Morgan fingerprint density at radius 2 is 1.88 bits per heavy atom. The summed E-state index contributed by atoms with van der Waals surface area (Å²) in [7, 11) is 3.15. The number of fused-ring (bicyclic) bond motifs is 1. The second-order valence-corrected chi connectivity index (χ2v) is 4.53. The van der Waals surface area contributed by atoms with Gasteiger partial charge in [0.05, 0.1) is 5.92 Å². The predicted octanol–water partition coefficient (Wildman–Crippen LogP) is 2.61. The van der Waals surface area contributed by atoms with Crippen molar-refractivity contribution in [3.63, 3.8) is 0 Å². The molecule has 1 aliphatic carbocycles. The van der Waals surface area contributed by atoms with Gasteiger partial charge >= 0.3 is 0 Å². The lowest BCUT2D eigenvalue weighted by molar-refractivity contribution is -0.129. The van der Waals surface area contributed by atoms with Crippen LogP contribution >= 0.6 is 0 Å². The molecule has 0 bridgehead atoms. The number of rotatable bonds is 3. The first kappa shape index (κ1) is 12.3. The van der Waals surface area contributed by atoms with Gasteiger partial charge in [0.25, 0.3) is 0 Å². The number of Topliss-reactive ketones (excluding diaryl/α,β-unsaturated/α-hetero) is 1. The molecular formula is C14H18O3. The van der Waals surface area contributed by atoms with Crippen molar-refractivity contribution in [2.75, 3.05) is 14.2 Å². The number of carbonyl (C=O) groups is 1. The Morgan fingerprint density at radius 1 is 1.24 bits per heavy atom. The van der Waals surface area contributed by atoms with Crippen molar-refractivity contribution in [3.05, 3.63) is 35.4 Å². The number of methoxy groups -OCH3 is 2. The van der Waals surface area contributed by atoms with E-state index in [-0.39, 0.29) is 11.7 Å². The summed E-state index contributed by atoms with van der Waals surface area (Å²) in [5.41, 5.74) is 1.95. The molecule has 17 heavy (non-hydrogen) atoms. The van der Waals surface area contributed by atoms with Crippen LogP contribution in [0.1, 0.15) is 35.2 Å². The average Bonchev–Trinajstić information content (AvgIpc) is 2.37. The Balaban J connectivity index is 2.35. The van der Waals surface area contributed by atoms with E-state index < -0.39 is 6.29 Å². The van der Waals surface area contributed by atoms with E-state index >= 15 is 0 Å². The van der Waals surface area contributed by atoms with Crippen molar-refractivity contribution in [1.82, 2.24) is 0 Å². The molecule has 92 valence electrons. The van der Waals surface area contributed by atoms with E-state index in [0.717, 1.165) is 17.5 Å². The molecule has 2 atom stereocenters. The van der Waals surface area contributed by atoms with Gasteiger partial charge in [0.15, 0.2) is 12.1 Å². The molecule has 1 aliphatic rings. The van der Waals surface area contributed by atoms with Crippen LogP contribution in [0.25, 0.3) is 0 Å². The van der Waals surface area contributed by atoms with Gasteiger partial charge in [0.1, 0.15) is 0 Å². The summed E-state index contributed by atoms with van der Waals surface area (Å²) in [6.07, 6.45) is 0.334. The summed E-state index contributed by atoms with van der Waals surface area (Å²) in [6.45, 7) is 2.14. The maximum absolute atomic E-state index is 12.4. The fraction of sp³-hybridized carbons (Fsp3) is 0.500. The number of carbonyl (C=O) groups excluding carboxylic acids is 1. The maximum atomic E-state index is 12.4. The van der Waals surface area contributed by atoms with E-state index in [1.54, 1.807) is 14.2 Å². The first-order valence-corrected chi connectivity index (χ1v) is 5.87. The quantitative estimate of drug-likeness (QED) is 0.754. The van der Waals surface area contributed by atoms with E-state index in [2.05, 4.69) is 6.92 Å². The zero-order chi connectivity index (χ0) is 12.4. The van der Waals surface area contributed by atoms with Crippen molar-refractivity contribution < 1.29 is 14.3 Å². The second kappa shape index (κ2) is 4.98. The lowest BCUT2D eigenvalue weighted by Gasteiger charge is -2.31. The molecule has 0 heterocycles. The highest BCUT2D eigenvalue weighted by Gasteiger charge is 2.36. The first-order valence-electron chi connectivity index (χ1n) is 5.87. The van der Waals surface area contributed by atoms with E-state index in [1.165, 1.54) is 0 Å². The van der Waals surface area contributed by atoms with Gasteiger partial charge in [-0.2, -0.15) is 0 Å². The summed E-state index contributed by atoms with van der Waals surface area (Å²) >= 11 is 0. The minimum Gasteiger partial charge on any atom is -0.355 e. The molecule has 1 aromatic carbocycles. The van der Waals surface area contributed by atoms with Crippen molar-refractivity contribution in [2.45, 2.75) is 25.6 Å². The Labute approximate surface area is 102 Å². The van der Waals surface area contributed by atoms with Crippen molar-refractivity contribution >= 4 is 5.78 Å². The fourth-order valence-electron chi connectivity index (χ4n) is 2.63. The highest BCUT2D eigenvalue weighted by molar-refractivity contribution is 6.00. The molecule has 0 N–H and O–H groups in total. The number of ether oxygens (including phenoxy) is 2. The third-order valence-corrected chi connectivity index (χ3v) is 3.49. The molecule has 0 aliphatic heterocycles. The summed E-state index contributed by atoms with van der Waals surface area (Å²) in [5.74, 6) is 0.295. The predicted molar refractivity (Wildman–Crippen MR) is 65.1 cm³/mol. The smallest absolute Gasteiger partial charge is 0.171 e. The second-order valence-electron chi connectivity index (χ2n) is 4.53. The molecule has 1 aromatic rings. The van der Waals surface area contributed by atoms with Crippen LogP contribution in [0.15, 0.2) is 24.3 Å². The minimum absolute atomic E-state index is 0.132. The highest BCUT2D eigenvalue weighted by Crippen LogP contribution is 2.36. The average molecular weight is 234 g/mol. The van der Waals surface area contributed by atoms with Crippen LogP contribution in [0.4, 0.5) is 0 Å². The summed E-state index contributed by atoms with van der Waals surface area (Å²) in [6, 6.07) is 7.80. The highest BCUT2D eigenvalue weighted by atomic mass is 16.7. The monoisotopic (exact) mass is 234 g/mol. The molecule has 0 aromatic heterocycles. The van der Waals surface area contributed by atoms with Gasteiger partial charge in [0.2, 0.25) is 0 Å². The van der Waals surface area contributed by atoms with Crippen LogP contribution in [-0.2, 0) is 9.47 Å². The normalized spacial score (nSPS) is 23.9. The van der Waals surface area contributed by atoms with Crippen LogP contribution < -0.4 is 0 Å². The molecule has 0 spiro atoms. The topological polar surface area (TPSA) is 35.5 Å². The minimum atomic E-state index is -0.446. The summed E-state index contributed by atoms with van der Waals surface area (Å²) in [4.78, 5) is 12.4. The SMILES string of the molecule is COC(OC)C1CC(C)c2ccccc2C1=O. The van der Waals surface area contributed by atoms with E-state index in [1.807, 2.05) is 24.3 Å². The van der Waals surface area contributed by atoms with E-state index in [0.29, 0.717) is 5.92 Å². The van der Waals surface area contributed by atoms with E-state index in [9.17, 15) is 4.79 Å². The Kier molecular flexibility index (Phi) is 3.60. The molecule has 3 heteroatoms. The summed E-state index contributed by atoms with van der Waals surface area (Å²) in [5, 5.41) is 0. The summed E-state index contributed by atoms with van der Waals surface area (Å²) < 4.78 is 10.5. The van der Waals surface area contributed by atoms with Crippen LogP contribution in [0.2, 0.25) is 0 Å². The third kappa shape index (κ3) is 2.13. The van der Waals surface area contributed by atoms with Crippen molar-refractivity contribution in [1.29, 1.82) is 0 Å².